The topological polar surface area (TPSA) is 113 Å². The minimum Gasteiger partial charge on any atom is -0.444 e. The van der Waals surface area contributed by atoms with E-state index in [0.29, 0.717) is 30.1 Å². The van der Waals surface area contributed by atoms with E-state index in [1.165, 1.54) is 0 Å². The van der Waals surface area contributed by atoms with Crippen LogP contribution in [0.15, 0.2) is 35.3 Å². The Bertz CT molecular complexity index is 1410. The van der Waals surface area contributed by atoms with Crippen LogP contribution in [0.25, 0.3) is 11.0 Å². The lowest BCUT2D eigenvalue weighted by molar-refractivity contribution is 0.0224. The second kappa shape index (κ2) is 8.69. The third kappa shape index (κ3) is 4.56. The number of carbonyl (C=O) groups is 1. The Morgan fingerprint density at radius 2 is 2.03 bits per heavy atom. The predicted molar refractivity (Wildman–Crippen MR) is 131 cm³/mol. The molecule has 9 nitrogen and oxygen atoms in total. The van der Waals surface area contributed by atoms with Gasteiger partial charge in [0.25, 0.3) is 5.56 Å². The summed E-state index contributed by atoms with van der Waals surface area (Å²) in [7, 11) is 0. The fourth-order valence-electron chi connectivity index (χ4n) is 4.49. The van der Waals surface area contributed by atoms with E-state index in [-0.39, 0.29) is 23.3 Å². The number of carbonyl (C=O) groups excluding carboxylic acids is 1. The number of amides is 1. The van der Waals surface area contributed by atoms with Gasteiger partial charge in [-0.3, -0.25) is 9.36 Å². The number of anilines is 2. The molecule has 3 heterocycles. The molecule has 0 saturated heterocycles. The third-order valence-electron chi connectivity index (χ3n) is 6.46. The van der Waals surface area contributed by atoms with Crippen molar-refractivity contribution in [2.75, 3.05) is 11.9 Å². The molecule has 1 aliphatic heterocycles. The largest absolute Gasteiger partial charge is 0.444 e. The Kier molecular flexibility index (Phi) is 5.67. The molecule has 1 aliphatic carbocycles. The van der Waals surface area contributed by atoms with E-state index < -0.39 is 5.60 Å². The van der Waals surface area contributed by atoms with Crippen LogP contribution in [0.1, 0.15) is 62.8 Å². The first-order chi connectivity index (χ1) is 16.7. The fraction of sp³-hybridized carbons (Fsp3) is 0.423. The van der Waals surface area contributed by atoms with Crippen LogP contribution in [0, 0.1) is 11.3 Å². The van der Waals surface area contributed by atoms with Gasteiger partial charge in [0, 0.05) is 36.4 Å². The minimum absolute atomic E-state index is 0.0673. The lowest BCUT2D eigenvalue weighted by atomic mass is 9.92. The molecule has 0 bridgehead atoms. The molecule has 5 rings (SSSR count). The smallest absolute Gasteiger partial charge is 0.410 e. The second-order valence-electron chi connectivity index (χ2n) is 10.2. The summed E-state index contributed by atoms with van der Waals surface area (Å²) < 4.78 is 7.16. The highest BCUT2D eigenvalue weighted by molar-refractivity contribution is 5.77. The number of hydrogen-bond acceptors (Lipinski definition) is 7. The van der Waals surface area contributed by atoms with Gasteiger partial charge in [0.2, 0.25) is 5.95 Å². The molecular formula is C26H28N6O3. The molecule has 9 heteroatoms. The van der Waals surface area contributed by atoms with Crippen LogP contribution in [0.3, 0.4) is 0 Å². The van der Waals surface area contributed by atoms with Gasteiger partial charge in [-0.2, -0.15) is 10.2 Å². The van der Waals surface area contributed by atoms with Gasteiger partial charge in [-0.05, 0) is 75.8 Å². The quantitative estimate of drug-likeness (QED) is 0.600. The van der Waals surface area contributed by atoms with Crippen molar-refractivity contribution in [1.29, 1.82) is 5.26 Å². The zero-order valence-electron chi connectivity index (χ0n) is 20.2. The number of fused-ring (bicyclic) bond motifs is 2. The highest BCUT2D eigenvalue weighted by atomic mass is 16.6. The first kappa shape index (κ1) is 22.8. The fourth-order valence-corrected chi connectivity index (χ4v) is 4.49. The van der Waals surface area contributed by atoms with E-state index in [4.69, 9.17) is 4.74 Å². The van der Waals surface area contributed by atoms with Crippen molar-refractivity contribution >= 4 is 28.8 Å². The maximum absolute atomic E-state index is 12.9. The van der Waals surface area contributed by atoms with Crippen LogP contribution in [0.4, 0.5) is 16.4 Å². The molecule has 0 spiro atoms. The summed E-state index contributed by atoms with van der Waals surface area (Å²) in [5.41, 5.74) is 2.91. The number of benzene rings is 1. The molecule has 0 unspecified atom stereocenters. The Morgan fingerprint density at radius 1 is 1.23 bits per heavy atom. The highest BCUT2D eigenvalue weighted by Crippen LogP contribution is 2.33. The van der Waals surface area contributed by atoms with Crippen LogP contribution < -0.4 is 10.9 Å². The second-order valence-corrected chi connectivity index (χ2v) is 10.2. The molecule has 1 N–H and O–H groups in total. The molecular weight excluding hydrogens is 444 g/mol. The number of nitrogens with zero attached hydrogens (tertiary/aromatic N) is 5. The number of hydrogen-bond donors (Lipinski definition) is 1. The van der Waals surface area contributed by atoms with Crippen molar-refractivity contribution in [2.24, 2.45) is 0 Å². The van der Waals surface area contributed by atoms with E-state index >= 15 is 0 Å². The number of ether oxygens (including phenoxy) is 1. The van der Waals surface area contributed by atoms with Crippen LogP contribution in [-0.2, 0) is 17.7 Å². The molecule has 1 fully saturated rings. The summed E-state index contributed by atoms with van der Waals surface area (Å²) in [6.45, 7) is 6.69. The van der Waals surface area contributed by atoms with Crippen LogP contribution in [0.2, 0.25) is 0 Å². The van der Waals surface area contributed by atoms with E-state index in [1.54, 1.807) is 21.7 Å². The molecule has 2 aromatic heterocycles. The van der Waals surface area contributed by atoms with Gasteiger partial charge in [0.1, 0.15) is 22.9 Å². The molecule has 1 aromatic carbocycles. The highest BCUT2D eigenvalue weighted by Gasteiger charge is 2.26. The van der Waals surface area contributed by atoms with Gasteiger partial charge in [-0.25, -0.2) is 9.78 Å². The Hall–Kier alpha value is -3.93. The maximum Gasteiger partial charge on any atom is 0.410 e. The average Bonchev–Trinajstić information content (AvgIpc) is 2.78. The summed E-state index contributed by atoms with van der Waals surface area (Å²) in [6.07, 6.45) is 4.94. The summed E-state index contributed by atoms with van der Waals surface area (Å²) in [4.78, 5) is 36.1. The molecule has 0 atom stereocenters. The Balaban J connectivity index is 1.39. The molecule has 1 amide bonds. The lowest BCUT2D eigenvalue weighted by Gasteiger charge is -2.31. The van der Waals surface area contributed by atoms with Gasteiger partial charge in [0.05, 0.1) is 0 Å². The molecule has 2 aliphatic rings. The zero-order valence-corrected chi connectivity index (χ0v) is 20.2. The summed E-state index contributed by atoms with van der Waals surface area (Å²) >= 11 is 0. The Labute approximate surface area is 203 Å². The predicted octanol–water partition coefficient (Wildman–Crippen LogP) is 4.42. The van der Waals surface area contributed by atoms with Gasteiger partial charge in [-0.15, -0.1) is 0 Å². The molecule has 180 valence electrons. The first-order valence-corrected chi connectivity index (χ1v) is 11.9. The van der Waals surface area contributed by atoms with Crippen LogP contribution >= 0.6 is 0 Å². The zero-order chi connectivity index (χ0) is 24.7. The van der Waals surface area contributed by atoms with Crippen LogP contribution in [-0.4, -0.2) is 37.7 Å². The van der Waals surface area contributed by atoms with Crippen molar-refractivity contribution < 1.29 is 9.53 Å². The van der Waals surface area contributed by atoms with E-state index in [0.717, 1.165) is 42.5 Å². The van der Waals surface area contributed by atoms with Crippen molar-refractivity contribution in [1.82, 2.24) is 19.4 Å². The minimum atomic E-state index is -0.523. The number of nitrogens with one attached hydrogen (secondary N) is 1. The summed E-state index contributed by atoms with van der Waals surface area (Å²) in [6, 6.07) is 9.61. The number of rotatable bonds is 3. The number of pyridine rings is 1. The van der Waals surface area contributed by atoms with E-state index in [1.807, 2.05) is 45.0 Å². The number of aromatic nitrogens is 3. The normalized spacial score (nSPS) is 15.8. The monoisotopic (exact) mass is 472 g/mol. The third-order valence-corrected chi connectivity index (χ3v) is 6.46. The first-order valence-electron chi connectivity index (χ1n) is 11.9. The Morgan fingerprint density at radius 3 is 2.71 bits per heavy atom. The van der Waals surface area contributed by atoms with Gasteiger partial charge in [-0.1, -0.05) is 6.07 Å². The van der Waals surface area contributed by atoms with E-state index in [9.17, 15) is 14.9 Å². The molecule has 0 radical (unpaired) electrons. The summed E-state index contributed by atoms with van der Waals surface area (Å²) in [5, 5.41) is 13.3. The maximum atomic E-state index is 12.9. The lowest BCUT2D eigenvalue weighted by Crippen LogP contribution is -2.39. The SMILES string of the molecule is CC(C)(C)OC(=O)N1CCc2cc(Nc3ncc4cc(C#N)c(=O)n(C5CCC5)c4n3)ccc2C1. The standard InChI is InChI=1S/C26H28N6O3/c1-26(2,3)35-25(34)31-10-9-16-12-20(8-7-17(16)15-31)29-24-28-14-19-11-18(13-27)23(33)32(22(19)30-24)21-5-4-6-21/h7-8,11-12,14,21H,4-6,9-10,15H2,1-3H3,(H,28,29,30). The van der Waals surface area contributed by atoms with Crippen LogP contribution in [0.5, 0.6) is 0 Å². The van der Waals surface area contributed by atoms with Crippen molar-refractivity contribution in [2.45, 2.75) is 64.6 Å². The van der Waals surface area contributed by atoms with Crippen molar-refractivity contribution in [3.05, 3.63) is 57.5 Å². The van der Waals surface area contributed by atoms with E-state index in [2.05, 4.69) is 15.3 Å². The average molecular weight is 473 g/mol. The molecule has 1 saturated carbocycles. The van der Waals surface area contributed by atoms with Gasteiger partial charge in [0.15, 0.2) is 0 Å². The van der Waals surface area contributed by atoms with Gasteiger partial charge >= 0.3 is 6.09 Å². The van der Waals surface area contributed by atoms with Crippen molar-refractivity contribution in [3.63, 3.8) is 0 Å². The summed E-state index contributed by atoms with van der Waals surface area (Å²) in [5.74, 6) is 0.390. The molecule has 3 aromatic rings. The van der Waals surface area contributed by atoms with Gasteiger partial charge < -0.3 is 15.0 Å². The molecule has 35 heavy (non-hydrogen) atoms. The van der Waals surface area contributed by atoms with Crippen molar-refractivity contribution in [3.8, 4) is 6.07 Å². The number of nitriles is 1.